The van der Waals surface area contributed by atoms with Crippen LogP contribution in [0.3, 0.4) is 0 Å². The summed E-state index contributed by atoms with van der Waals surface area (Å²) in [5.74, 6) is 0. The van der Waals surface area contributed by atoms with E-state index in [0.717, 1.165) is 6.54 Å². The number of sulfonamides is 1. The van der Waals surface area contributed by atoms with Crippen molar-refractivity contribution in [3.05, 3.63) is 34.4 Å². The number of nitro groups is 1. The van der Waals surface area contributed by atoms with Gasteiger partial charge in [-0.15, -0.1) is 0 Å². The minimum absolute atomic E-state index is 0.234. The number of nitro benzene ring substituents is 1. The summed E-state index contributed by atoms with van der Waals surface area (Å²) < 4.78 is 26.7. The normalized spacial score (nSPS) is 21.4. The smallest absolute Gasteiger partial charge is 0.289 e. The number of benzene rings is 1. The van der Waals surface area contributed by atoms with Gasteiger partial charge in [-0.1, -0.05) is 12.1 Å². The Bertz CT molecular complexity index is 602. The van der Waals surface area contributed by atoms with Crippen LogP contribution < -0.4 is 5.32 Å². The third kappa shape index (κ3) is 2.82. The maximum Gasteiger partial charge on any atom is 0.289 e. The van der Waals surface area contributed by atoms with Crippen molar-refractivity contribution < 1.29 is 13.3 Å². The Morgan fingerprint density at radius 1 is 1.40 bits per heavy atom. The van der Waals surface area contributed by atoms with Gasteiger partial charge in [0.05, 0.1) is 4.92 Å². The van der Waals surface area contributed by atoms with Crippen molar-refractivity contribution in [1.82, 2.24) is 9.62 Å². The Morgan fingerprint density at radius 2 is 2.10 bits per heavy atom. The molecular formula is C12H17N3O4S. The Labute approximate surface area is 117 Å². The minimum atomic E-state index is -3.86. The van der Waals surface area contributed by atoms with Crippen LogP contribution in [-0.4, -0.2) is 43.3 Å². The molecule has 1 aliphatic heterocycles. The van der Waals surface area contributed by atoms with E-state index in [0.29, 0.717) is 19.5 Å². The molecular weight excluding hydrogens is 282 g/mol. The van der Waals surface area contributed by atoms with Crippen molar-refractivity contribution in [2.45, 2.75) is 24.3 Å². The molecule has 7 nitrogen and oxygen atoms in total. The Balaban J connectivity index is 2.46. The van der Waals surface area contributed by atoms with Gasteiger partial charge in [-0.3, -0.25) is 10.1 Å². The Kier molecular flexibility index (Phi) is 4.36. The molecule has 1 atom stereocenters. The van der Waals surface area contributed by atoms with Crippen LogP contribution in [0, 0.1) is 10.1 Å². The zero-order valence-electron chi connectivity index (χ0n) is 11.2. The molecule has 1 fully saturated rings. The molecule has 0 unspecified atom stereocenters. The molecule has 0 bridgehead atoms. The maximum atomic E-state index is 12.7. The second-order valence-electron chi connectivity index (χ2n) is 4.75. The van der Waals surface area contributed by atoms with E-state index < -0.39 is 14.9 Å². The van der Waals surface area contributed by atoms with Crippen LogP contribution in [0.15, 0.2) is 29.2 Å². The van der Waals surface area contributed by atoms with Crippen LogP contribution in [0.4, 0.5) is 5.69 Å². The number of para-hydroxylation sites is 1. The van der Waals surface area contributed by atoms with Gasteiger partial charge in [0, 0.05) is 25.2 Å². The van der Waals surface area contributed by atoms with Crippen LogP contribution in [0.2, 0.25) is 0 Å². The molecule has 1 N–H and O–H groups in total. The predicted octanol–water partition coefficient (Wildman–Crippen LogP) is 0.967. The van der Waals surface area contributed by atoms with E-state index in [1.807, 2.05) is 0 Å². The molecule has 0 radical (unpaired) electrons. The molecule has 1 aliphatic rings. The zero-order valence-corrected chi connectivity index (χ0v) is 12.0. The van der Waals surface area contributed by atoms with E-state index in [4.69, 9.17) is 0 Å². The van der Waals surface area contributed by atoms with Gasteiger partial charge in [0.25, 0.3) is 5.69 Å². The number of nitrogens with one attached hydrogen (secondary N) is 1. The minimum Gasteiger partial charge on any atom is -0.315 e. The second-order valence-corrected chi connectivity index (χ2v) is 6.61. The molecule has 0 saturated carbocycles. The molecule has 0 spiro atoms. The average Bonchev–Trinajstić information content (AvgIpc) is 2.63. The van der Waals surface area contributed by atoms with Crippen molar-refractivity contribution in [2.75, 3.05) is 19.6 Å². The van der Waals surface area contributed by atoms with Crippen molar-refractivity contribution in [2.24, 2.45) is 0 Å². The van der Waals surface area contributed by atoms with Crippen molar-refractivity contribution >= 4 is 15.7 Å². The molecule has 1 saturated heterocycles. The standard InChI is InChI=1S/C12H17N3O4S/c1-10-9-13-7-4-8-14(10)20(18,19)12-6-3-2-5-11(12)15(16)17/h2-3,5-6,10,13H,4,7-9H2,1H3/t10-/m1/s1. The van der Waals surface area contributed by atoms with Gasteiger partial charge in [-0.2, -0.15) is 4.31 Å². The molecule has 8 heteroatoms. The van der Waals surface area contributed by atoms with Gasteiger partial charge in [0.1, 0.15) is 0 Å². The van der Waals surface area contributed by atoms with E-state index in [1.165, 1.54) is 28.6 Å². The van der Waals surface area contributed by atoms with E-state index in [9.17, 15) is 18.5 Å². The molecule has 1 heterocycles. The first-order valence-electron chi connectivity index (χ1n) is 6.40. The lowest BCUT2D eigenvalue weighted by atomic mass is 10.3. The Morgan fingerprint density at radius 3 is 2.80 bits per heavy atom. The lowest BCUT2D eigenvalue weighted by Gasteiger charge is -2.25. The summed E-state index contributed by atoms with van der Waals surface area (Å²) >= 11 is 0. The topological polar surface area (TPSA) is 92.6 Å². The predicted molar refractivity (Wildman–Crippen MR) is 73.9 cm³/mol. The van der Waals surface area contributed by atoms with Crippen molar-refractivity contribution in [3.63, 3.8) is 0 Å². The molecule has 0 aromatic heterocycles. The molecule has 2 rings (SSSR count). The lowest BCUT2D eigenvalue weighted by molar-refractivity contribution is -0.387. The zero-order chi connectivity index (χ0) is 14.8. The van der Waals surface area contributed by atoms with E-state index in [-0.39, 0.29) is 16.6 Å². The third-order valence-corrected chi connectivity index (χ3v) is 5.37. The summed E-state index contributed by atoms with van der Waals surface area (Å²) in [5, 5.41) is 14.2. The lowest BCUT2D eigenvalue weighted by Crippen LogP contribution is -2.41. The molecule has 1 aromatic rings. The van der Waals surface area contributed by atoms with Gasteiger partial charge in [0.15, 0.2) is 4.90 Å². The largest absolute Gasteiger partial charge is 0.315 e. The van der Waals surface area contributed by atoms with Crippen LogP contribution in [0.25, 0.3) is 0 Å². The summed E-state index contributed by atoms with van der Waals surface area (Å²) in [7, 11) is -3.86. The van der Waals surface area contributed by atoms with Gasteiger partial charge < -0.3 is 5.32 Å². The quantitative estimate of drug-likeness (QED) is 0.663. The van der Waals surface area contributed by atoms with Gasteiger partial charge in [-0.05, 0) is 26.0 Å². The summed E-state index contributed by atoms with van der Waals surface area (Å²) in [6.45, 7) is 3.44. The molecule has 1 aromatic carbocycles. The van der Waals surface area contributed by atoms with Crippen LogP contribution >= 0.6 is 0 Å². The number of hydrogen-bond acceptors (Lipinski definition) is 5. The second kappa shape index (κ2) is 5.86. The molecule has 0 amide bonds. The first-order chi connectivity index (χ1) is 9.44. The summed E-state index contributed by atoms with van der Waals surface area (Å²) in [6, 6.07) is 5.24. The highest BCUT2D eigenvalue weighted by Crippen LogP contribution is 2.27. The number of hydrogen-bond donors (Lipinski definition) is 1. The van der Waals surface area contributed by atoms with E-state index in [2.05, 4.69) is 5.32 Å². The highest BCUT2D eigenvalue weighted by molar-refractivity contribution is 7.89. The van der Waals surface area contributed by atoms with E-state index >= 15 is 0 Å². The molecule has 0 aliphatic carbocycles. The van der Waals surface area contributed by atoms with E-state index in [1.54, 1.807) is 6.92 Å². The summed E-state index contributed by atoms with van der Waals surface area (Å²) in [6.07, 6.45) is 0.685. The monoisotopic (exact) mass is 299 g/mol. The van der Waals surface area contributed by atoms with Gasteiger partial charge in [-0.25, -0.2) is 8.42 Å². The van der Waals surface area contributed by atoms with Gasteiger partial charge in [0.2, 0.25) is 10.0 Å². The molecule has 20 heavy (non-hydrogen) atoms. The first-order valence-corrected chi connectivity index (χ1v) is 7.84. The van der Waals surface area contributed by atoms with Crippen molar-refractivity contribution in [3.8, 4) is 0 Å². The fourth-order valence-corrected chi connectivity index (χ4v) is 4.13. The van der Waals surface area contributed by atoms with Crippen molar-refractivity contribution in [1.29, 1.82) is 0 Å². The highest BCUT2D eigenvalue weighted by atomic mass is 32.2. The van der Waals surface area contributed by atoms with Crippen LogP contribution in [-0.2, 0) is 10.0 Å². The number of nitrogens with zero attached hydrogens (tertiary/aromatic N) is 2. The average molecular weight is 299 g/mol. The fraction of sp³-hybridized carbons (Fsp3) is 0.500. The maximum absolute atomic E-state index is 12.7. The third-order valence-electron chi connectivity index (χ3n) is 3.31. The van der Waals surface area contributed by atoms with Crippen LogP contribution in [0.1, 0.15) is 13.3 Å². The van der Waals surface area contributed by atoms with Crippen LogP contribution in [0.5, 0.6) is 0 Å². The molecule has 110 valence electrons. The number of rotatable bonds is 3. The summed E-state index contributed by atoms with van der Waals surface area (Å²) in [5.41, 5.74) is -0.378. The fourth-order valence-electron chi connectivity index (χ4n) is 2.30. The van der Waals surface area contributed by atoms with Gasteiger partial charge >= 0.3 is 0 Å². The first kappa shape index (κ1) is 14.9. The Hall–Kier alpha value is -1.51. The summed E-state index contributed by atoms with van der Waals surface area (Å²) in [4.78, 5) is 10.1. The SMILES string of the molecule is C[C@@H]1CNCCCN1S(=O)(=O)c1ccccc1[N+](=O)[O-]. The highest BCUT2D eigenvalue weighted by Gasteiger charge is 2.34.